The molecule has 2 rings (SSSR count). The normalized spacial score (nSPS) is 17.1. The first-order valence-electron chi connectivity index (χ1n) is 8.97. The van der Waals surface area contributed by atoms with Gasteiger partial charge in [-0.1, -0.05) is 37.8 Å². The molecule has 24 heavy (non-hydrogen) atoms. The molecule has 1 aliphatic carbocycles. The van der Waals surface area contributed by atoms with Crippen LogP contribution in [0.15, 0.2) is 4.52 Å². The maximum absolute atomic E-state index is 12.1. The van der Waals surface area contributed by atoms with Crippen molar-refractivity contribution >= 4 is 11.8 Å². The van der Waals surface area contributed by atoms with E-state index >= 15 is 0 Å². The van der Waals surface area contributed by atoms with E-state index < -0.39 is 0 Å². The second-order valence-electron chi connectivity index (χ2n) is 6.46. The van der Waals surface area contributed by atoms with Gasteiger partial charge in [0.25, 0.3) is 0 Å². The first-order chi connectivity index (χ1) is 11.6. The van der Waals surface area contributed by atoms with E-state index in [9.17, 15) is 9.59 Å². The molecule has 0 aromatic carbocycles. The third kappa shape index (κ3) is 5.94. The molecule has 0 unspecified atom stereocenters. The minimum atomic E-state index is -0.302. The molecule has 2 amide bonds. The van der Waals surface area contributed by atoms with E-state index in [0.29, 0.717) is 18.1 Å². The van der Waals surface area contributed by atoms with Crippen molar-refractivity contribution in [3.63, 3.8) is 0 Å². The Morgan fingerprint density at radius 2 is 1.83 bits per heavy atom. The number of aromatic nitrogens is 2. The van der Waals surface area contributed by atoms with Gasteiger partial charge >= 0.3 is 0 Å². The van der Waals surface area contributed by atoms with Crippen molar-refractivity contribution in [3.8, 4) is 0 Å². The van der Waals surface area contributed by atoms with Crippen molar-refractivity contribution < 1.29 is 14.1 Å². The van der Waals surface area contributed by atoms with Crippen LogP contribution in [0.5, 0.6) is 0 Å². The predicted octanol–water partition coefficient (Wildman–Crippen LogP) is 2.56. The Hall–Kier alpha value is -1.92. The number of nitrogens with one attached hydrogen (secondary N) is 2. The summed E-state index contributed by atoms with van der Waals surface area (Å²) in [6.45, 7) is 3.67. The Labute approximate surface area is 143 Å². The standard InChI is InChI=1S/C17H28N4O3/c1-3-14(17-18-12(2)21-24-17)20-16(23)11-10-15(22)19-13-8-6-4-5-7-9-13/h13-14H,3-11H2,1-2H3,(H,19,22)(H,20,23)/t14-/m0/s1. The number of aryl methyl sites for hydroxylation is 1. The van der Waals surface area contributed by atoms with E-state index in [0.717, 1.165) is 12.8 Å². The zero-order valence-electron chi connectivity index (χ0n) is 14.6. The number of amides is 2. The van der Waals surface area contributed by atoms with Crippen LogP contribution in [0.2, 0.25) is 0 Å². The maximum Gasteiger partial charge on any atom is 0.249 e. The van der Waals surface area contributed by atoms with Gasteiger partial charge in [0.15, 0.2) is 5.82 Å². The summed E-state index contributed by atoms with van der Waals surface area (Å²) in [4.78, 5) is 28.2. The summed E-state index contributed by atoms with van der Waals surface area (Å²) in [7, 11) is 0. The van der Waals surface area contributed by atoms with Crippen molar-refractivity contribution in [1.29, 1.82) is 0 Å². The van der Waals surface area contributed by atoms with Crippen LogP contribution >= 0.6 is 0 Å². The molecule has 7 nitrogen and oxygen atoms in total. The van der Waals surface area contributed by atoms with Gasteiger partial charge < -0.3 is 15.2 Å². The lowest BCUT2D eigenvalue weighted by atomic mass is 10.1. The fourth-order valence-corrected chi connectivity index (χ4v) is 3.01. The molecule has 0 saturated heterocycles. The Balaban J connectivity index is 1.72. The summed E-state index contributed by atoms with van der Waals surface area (Å²) in [5, 5.41) is 9.64. The lowest BCUT2D eigenvalue weighted by Crippen LogP contribution is -2.35. The Morgan fingerprint density at radius 1 is 1.17 bits per heavy atom. The van der Waals surface area contributed by atoms with Crippen molar-refractivity contribution in [3.05, 3.63) is 11.7 Å². The number of rotatable bonds is 7. The summed E-state index contributed by atoms with van der Waals surface area (Å²) in [6, 6.07) is -0.0311. The highest BCUT2D eigenvalue weighted by Crippen LogP contribution is 2.17. The third-order valence-corrected chi connectivity index (χ3v) is 4.38. The zero-order chi connectivity index (χ0) is 17.4. The van der Waals surface area contributed by atoms with Gasteiger partial charge in [-0.15, -0.1) is 0 Å². The lowest BCUT2D eigenvalue weighted by molar-refractivity contribution is -0.127. The molecule has 0 spiro atoms. The van der Waals surface area contributed by atoms with Gasteiger partial charge in [-0.3, -0.25) is 9.59 Å². The maximum atomic E-state index is 12.1. The molecule has 1 aromatic heterocycles. The van der Waals surface area contributed by atoms with Crippen molar-refractivity contribution in [2.45, 2.75) is 83.7 Å². The Kier molecular flexibility index (Phi) is 7.21. The van der Waals surface area contributed by atoms with Crippen LogP contribution < -0.4 is 10.6 Å². The van der Waals surface area contributed by atoms with Gasteiger partial charge in [-0.2, -0.15) is 4.98 Å². The molecule has 1 atom stereocenters. The Morgan fingerprint density at radius 3 is 2.42 bits per heavy atom. The predicted molar refractivity (Wildman–Crippen MR) is 89.1 cm³/mol. The second-order valence-corrected chi connectivity index (χ2v) is 6.46. The van der Waals surface area contributed by atoms with Crippen LogP contribution in [-0.2, 0) is 9.59 Å². The molecule has 0 bridgehead atoms. The van der Waals surface area contributed by atoms with Crippen molar-refractivity contribution in [2.75, 3.05) is 0 Å². The van der Waals surface area contributed by atoms with Crippen molar-refractivity contribution in [2.24, 2.45) is 0 Å². The molecule has 134 valence electrons. The van der Waals surface area contributed by atoms with Crippen LogP contribution in [-0.4, -0.2) is 28.0 Å². The van der Waals surface area contributed by atoms with Gasteiger partial charge in [-0.25, -0.2) is 0 Å². The first-order valence-corrected chi connectivity index (χ1v) is 8.97. The molecule has 0 radical (unpaired) electrons. The van der Waals surface area contributed by atoms with E-state index in [1.165, 1.54) is 25.7 Å². The fraction of sp³-hybridized carbons (Fsp3) is 0.765. The first kappa shape index (κ1) is 18.4. The summed E-state index contributed by atoms with van der Waals surface area (Å²) >= 11 is 0. The number of carbonyl (C=O) groups is 2. The van der Waals surface area contributed by atoms with Gasteiger partial charge in [0.1, 0.15) is 6.04 Å². The zero-order valence-corrected chi connectivity index (χ0v) is 14.6. The van der Waals surface area contributed by atoms with E-state index in [2.05, 4.69) is 20.8 Å². The van der Waals surface area contributed by atoms with Crippen LogP contribution in [0.25, 0.3) is 0 Å². The van der Waals surface area contributed by atoms with E-state index in [-0.39, 0.29) is 36.7 Å². The minimum Gasteiger partial charge on any atom is -0.353 e. The molecule has 0 aliphatic heterocycles. The highest BCUT2D eigenvalue weighted by atomic mass is 16.5. The Bertz CT molecular complexity index is 536. The van der Waals surface area contributed by atoms with Crippen LogP contribution in [0.1, 0.15) is 82.5 Å². The SMILES string of the molecule is CC[C@H](NC(=O)CCC(=O)NC1CCCCCC1)c1nc(C)no1. The highest BCUT2D eigenvalue weighted by molar-refractivity contribution is 5.84. The topological polar surface area (TPSA) is 97.1 Å². The van der Waals surface area contributed by atoms with Gasteiger partial charge in [-0.05, 0) is 26.2 Å². The quantitative estimate of drug-likeness (QED) is 0.746. The van der Waals surface area contributed by atoms with E-state index in [1.54, 1.807) is 6.92 Å². The molecule has 1 saturated carbocycles. The molecular formula is C17H28N4O3. The molecular weight excluding hydrogens is 308 g/mol. The smallest absolute Gasteiger partial charge is 0.249 e. The molecule has 1 heterocycles. The molecule has 7 heteroatoms. The summed E-state index contributed by atoms with van der Waals surface area (Å²) in [6.07, 6.45) is 7.98. The van der Waals surface area contributed by atoms with Gasteiger partial charge in [0.05, 0.1) is 0 Å². The lowest BCUT2D eigenvalue weighted by Gasteiger charge is -2.16. The number of carbonyl (C=O) groups excluding carboxylic acids is 2. The fourth-order valence-electron chi connectivity index (χ4n) is 3.01. The van der Waals surface area contributed by atoms with Crippen LogP contribution in [0.4, 0.5) is 0 Å². The average Bonchev–Trinajstić information content (AvgIpc) is 2.83. The summed E-state index contributed by atoms with van der Waals surface area (Å²) in [5.74, 6) is 0.735. The monoisotopic (exact) mass is 336 g/mol. The number of nitrogens with zero attached hydrogens (tertiary/aromatic N) is 2. The van der Waals surface area contributed by atoms with Crippen molar-refractivity contribution in [1.82, 2.24) is 20.8 Å². The molecule has 1 fully saturated rings. The van der Waals surface area contributed by atoms with Gasteiger partial charge in [0.2, 0.25) is 17.7 Å². The van der Waals surface area contributed by atoms with Crippen LogP contribution in [0, 0.1) is 6.92 Å². The highest BCUT2D eigenvalue weighted by Gasteiger charge is 2.20. The molecule has 1 aliphatic rings. The largest absolute Gasteiger partial charge is 0.353 e. The molecule has 2 N–H and O–H groups in total. The summed E-state index contributed by atoms with van der Waals surface area (Å²) < 4.78 is 5.10. The van der Waals surface area contributed by atoms with Gasteiger partial charge in [0, 0.05) is 18.9 Å². The average molecular weight is 336 g/mol. The number of hydrogen-bond donors (Lipinski definition) is 2. The second kappa shape index (κ2) is 9.39. The summed E-state index contributed by atoms with van der Waals surface area (Å²) in [5.41, 5.74) is 0. The number of hydrogen-bond acceptors (Lipinski definition) is 5. The third-order valence-electron chi connectivity index (χ3n) is 4.38. The van der Waals surface area contributed by atoms with E-state index in [4.69, 9.17) is 4.52 Å². The van der Waals surface area contributed by atoms with E-state index in [1.807, 2.05) is 6.92 Å². The molecule has 1 aromatic rings. The minimum absolute atomic E-state index is 0.0428. The van der Waals surface area contributed by atoms with Crippen LogP contribution in [0.3, 0.4) is 0 Å².